The summed E-state index contributed by atoms with van der Waals surface area (Å²) in [5.74, 6) is -10.2. The highest BCUT2D eigenvalue weighted by Crippen LogP contribution is 2.61. The number of alkyl halides is 5. The van der Waals surface area contributed by atoms with Gasteiger partial charge in [-0.2, -0.15) is 22.0 Å². The summed E-state index contributed by atoms with van der Waals surface area (Å²) >= 11 is 0. The molecule has 6 rings (SSSR count). The minimum absolute atomic E-state index is 0.0541. The van der Waals surface area contributed by atoms with E-state index < -0.39 is 70.0 Å². The molecule has 4 saturated carbocycles. The van der Waals surface area contributed by atoms with Crippen LogP contribution >= 0.6 is 0 Å². The molecular formula is C39H61F5O11. The van der Waals surface area contributed by atoms with Crippen molar-refractivity contribution in [3.63, 3.8) is 0 Å². The fourth-order valence-electron chi connectivity index (χ4n) is 7.38. The summed E-state index contributed by atoms with van der Waals surface area (Å²) in [7, 11) is 0. The van der Waals surface area contributed by atoms with E-state index in [0.717, 1.165) is 38.5 Å². The monoisotopic (exact) mass is 800 g/mol. The number of carbonyl (C=O) groups is 4. The van der Waals surface area contributed by atoms with Crippen molar-refractivity contribution in [3.8, 4) is 0 Å². The Labute approximate surface area is 320 Å². The van der Waals surface area contributed by atoms with E-state index in [4.69, 9.17) is 14.2 Å². The molecule has 318 valence electrons. The van der Waals surface area contributed by atoms with E-state index in [1.54, 1.807) is 20.8 Å². The molecule has 2 heterocycles. The number of cyclic esters (lactones) is 1. The van der Waals surface area contributed by atoms with Gasteiger partial charge >= 0.3 is 41.8 Å². The second-order valence-electron chi connectivity index (χ2n) is 18.3. The third kappa shape index (κ3) is 9.10. The van der Waals surface area contributed by atoms with E-state index in [2.05, 4.69) is 9.47 Å². The zero-order chi connectivity index (χ0) is 42.4. The maximum Gasteiger partial charge on any atom is 0.449 e. The lowest BCUT2D eigenvalue weighted by atomic mass is 9.48. The topological polar surface area (TPSA) is 155 Å². The summed E-state index contributed by atoms with van der Waals surface area (Å²) in [4.78, 5) is 46.9. The molecule has 2 aliphatic heterocycles. The number of hydrogen-bond acceptors (Lipinski definition) is 11. The van der Waals surface area contributed by atoms with Crippen LogP contribution in [0.3, 0.4) is 0 Å². The van der Waals surface area contributed by atoms with E-state index in [1.165, 1.54) is 13.8 Å². The van der Waals surface area contributed by atoms with Crippen LogP contribution in [0.2, 0.25) is 0 Å². The van der Waals surface area contributed by atoms with E-state index in [9.17, 15) is 51.3 Å². The Morgan fingerprint density at radius 3 is 1.64 bits per heavy atom. The first kappa shape index (κ1) is 46.8. The average molecular weight is 801 g/mol. The van der Waals surface area contributed by atoms with Crippen LogP contribution in [0.1, 0.15) is 134 Å². The number of esters is 4. The van der Waals surface area contributed by atoms with Crippen LogP contribution in [0.15, 0.2) is 0 Å². The molecule has 4 bridgehead atoms. The minimum atomic E-state index is -5.74. The zero-order valence-electron chi connectivity index (χ0n) is 34.0. The Bertz CT molecular complexity index is 1420. The minimum Gasteiger partial charge on any atom is -0.463 e. The second kappa shape index (κ2) is 15.6. The predicted molar refractivity (Wildman–Crippen MR) is 187 cm³/mol. The number of hydrogen-bond donors (Lipinski definition) is 2. The fraction of sp³-hybridized carbons (Fsp3) is 0.897. The van der Waals surface area contributed by atoms with Gasteiger partial charge in [0.25, 0.3) is 0 Å². The van der Waals surface area contributed by atoms with Gasteiger partial charge in [-0.25, -0.2) is 4.79 Å². The fourth-order valence-corrected chi connectivity index (χ4v) is 7.38. The third-order valence-electron chi connectivity index (χ3n) is 12.9. The molecule has 2 N–H and O–H groups in total. The Morgan fingerprint density at radius 1 is 0.782 bits per heavy atom. The Balaban J connectivity index is 0.000000226. The first-order valence-electron chi connectivity index (χ1n) is 19.2. The highest BCUT2D eigenvalue weighted by molar-refractivity contribution is 5.82. The normalized spacial score (nSPS) is 35.1. The largest absolute Gasteiger partial charge is 0.463 e. The Hall–Kier alpha value is -2.59. The molecule has 2 saturated heterocycles. The number of carbonyl (C=O) groups excluding carboxylic acids is 4. The van der Waals surface area contributed by atoms with Crippen LogP contribution in [-0.4, -0.2) is 88.1 Å². The van der Waals surface area contributed by atoms with Gasteiger partial charge in [-0.05, 0) is 125 Å². The molecular weight excluding hydrogens is 739 g/mol. The molecule has 0 amide bonds. The number of aliphatic hydroxyl groups is 2. The van der Waals surface area contributed by atoms with Gasteiger partial charge in [-0.1, -0.05) is 20.8 Å². The molecule has 11 nitrogen and oxygen atoms in total. The maximum atomic E-state index is 14.0. The van der Waals surface area contributed by atoms with Crippen molar-refractivity contribution in [2.45, 2.75) is 175 Å². The molecule has 16 heteroatoms. The third-order valence-corrected chi connectivity index (χ3v) is 12.9. The molecule has 0 radical (unpaired) electrons. The molecule has 0 aromatic rings. The van der Waals surface area contributed by atoms with Crippen LogP contribution in [-0.2, 0) is 42.9 Å². The van der Waals surface area contributed by atoms with Gasteiger partial charge in [-0.15, -0.1) is 0 Å². The van der Waals surface area contributed by atoms with E-state index in [1.807, 2.05) is 34.6 Å². The van der Waals surface area contributed by atoms with Crippen molar-refractivity contribution in [1.29, 1.82) is 0 Å². The molecule has 5 atom stereocenters. The van der Waals surface area contributed by atoms with Gasteiger partial charge < -0.3 is 33.9 Å². The molecule has 4 aliphatic carbocycles. The maximum absolute atomic E-state index is 14.0. The van der Waals surface area contributed by atoms with E-state index in [-0.39, 0.29) is 24.0 Å². The zero-order valence-corrected chi connectivity index (χ0v) is 34.0. The van der Waals surface area contributed by atoms with Gasteiger partial charge in [0.15, 0.2) is 0 Å². The van der Waals surface area contributed by atoms with Gasteiger partial charge in [0.1, 0.15) is 5.60 Å². The lowest BCUT2D eigenvalue weighted by Crippen LogP contribution is -2.63. The van der Waals surface area contributed by atoms with Crippen LogP contribution in [0, 0.1) is 34.0 Å². The Morgan fingerprint density at radius 2 is 1.24 bits per heavy atom. The number of rotatable bonds is 9. The smallest absolute Gasteiger partial charge is 0.449 e. The van der Waals surface area contributed by atoms with Crippen LogP contribution in [0.25, 0.3) is 0 Å². The lowest BCUT2D eigenvalue weighted by Gasteiger charge is -2.62. The van der Waals surface area contributed by atoms with Crippen molar-refractivity contribution in [1.82, 2.24) is 0 Å². The number of halogens is 5. The molecule has 6 fully saturated rings. The van der Waals surface area contributed by atoms with Crippen molar-refractivity contribution in [2.24, 2.45) is 34.0 Å². The summed E-state index contributed by atoms with van der Waals surface area (Å²) in [6.07, 6.45) is 0.735. The van der Waals surface area contributed by atoms with Crippen LogP contribution in [0.5, 0.6) is 0 Å². The second-order valence-corrected chi connectivity index (χ2v) is 18.3. The van der Waals surface area contributed by atoms with Crippen molar-refractivity contribution in [2.75, 3.05) is 13.2 Å². The number of ether oxygens (including phenoxy) is 5. The molecule has 0 spiro atoms. The standard InChI is InChI=1S/C17H28O3.C12H17F5O4.C10H16O4/c1-5-15(2,3)14(18)20-17-8-11-6-12(9-17)16(4,19)13(7-11)10-17;1-5-8(2,3)7(18)21-9(4)6-20-11(19,10(9,13)14)12(15,16)17;1-4-10(2,3)9(12)14-7-5-6-13-8(7)11/h11-13,19H,5-10H2,1-4H3;19H,5-6H2,1-4H3;7H,4-6H2,1-3H3. The first-order valence-corrected chi connectivity index (χ1v) is 19.2. The molecule has 0 aromatic carbocycles. The molecule has 6 aliphatic rings. The summed E-state index contributed by atoms with van der Waals surface area (Å²) in [5.41, 5.74) is -5.82. The van der Waals surface area contributed by atoms with Gasteiger partial charge in [0.2, 0.25) is 11.7 Å². The summed E-state index contributed by atoms with van der Waals surface area (Å²) in [5, 5.41) is 19.9. The SMILES string of the molecule is CCC(C)(C)C(=O)OC1(C)COC(O)(C(F)(F)F)C1(F)F.CCC(C)(C)C(=O)OC12CC3CC(C1)C(C)(O)C(C3)C2.CCC(C)(C)C(=O)OC1CCOC1=O. The molecule has 5 unspecified atom stereocenters. The van der Waals surface area contributed by atoms with Gasteiger partial charge in [-0.3, -0.25) is 14.4 Å². The molecule has 0 aromatic heterocycles. The van der Waals surface area contributed by atoms with Gasteiger partial charge in [0, 0.05) is 6.42 Å². The van der Waals surface area contributed by atoms with Crippen molar-refractivity contribution < 1.29 is 75.0 Å². The van der Waals surface area contributed by atoms with Crippen LogP contribution in [0.4, 0.5) is 22.0 Å². The average Bonchev–Trinajstić information content (AvgIpc) is 3.56. The highest BCUT2D eigenvalue weighted by Gasteiger charge is 2.83. The van der Waals surface area contributed by atoms with Crippen molar-refractivity contribution >= 4 is 23.9 Å². The highest BCUT2D eigenvalue weighted by atomic mass is 19.4. The molecule has 55 heavy (non-hydrogen) atoms. The lowest BCUT2D eigenvalue weighted by molar-refractivity contribution is -0.409. The summed E-state index contributed by atoms with van der Waals surface area (Å²) in [6, 6.07) is 0. The van der Waals surface area contributed by atoms with E-state index in [0.29, 0.717) is 44.1 Å². The summed E-state index contributed by atoms with van der Waals surface area (Å²) in [6.45, 7) is 17.5. The van der Waals surface area contributed by atoms with Gasteiger partial charge in [0.05, 0.1) is 35.1 Å². The van der Waals surface area contributed by atoms with Crippen LogP contribution < -0.4 is 0 Å². The predicted octanol–water partition coefficient (Wildman–Crippen LogP) is 7.22. The van der Waals surface area contributed by atoms with E-state index >= 15 is 0 Å². The first-order chi connectivity index (χ1) is 24.8. The quantitative estimate of drug-likeness (QED) is 0.138. The summed E-state index contributed by atoms with van der Waals surface area (Å²) < 4.78 is 90.2. The Kier molecular flexibility index (Phi) is 13.3. The van der Waals surface area contributed by atoms with Crippen molar-refractivity contribution in [3.05, 3.63) is 0 Å².